The lowest BCUT2D eigenvalue weighted by atomic mass is 10.1. The van der Waals surface area contributed by atoms with Gasteiger partial charge in [0.05, 0.1) is 8.07 Å². The molecule has 0 nitrogen and oxygen atoms in total. The number of rotatable bonds is 7. The van der Waals surface area contributed by atoms with Gasteiger partial charge in [-0.3, -0.25) is 0 Å². The van der Waals surface area contributed by atoms with Crippen molar-refractivity contribution in [2.45, 2.75) is 83.3 Å². The molecule has 0 bridgehead atoms. The van der Waals surface area contributed by atoms with Crippen LogP contribution in [-0.4, -0.2) is 28.5 Å². The van der Waals surface area contributed by atoms with Crippen LogP contribution >= 0.6 is 7.92 Å². The van der Waals surface area contributed by atoms with E-state index in [0.717, 1.165) is 17.4 Å². The van der Waals surface area contributed by atoms with E-state index in [2.05, 4.69) is 63.6 Å². The Labute approximate surface area is 166 Å². The molecule has 0 spiro atoms. The number of allylic oxidation sites excluding steroid dienone is 6. The molecule has 0 aromatic carbocycles. The first-order valence-electron chi connectivity index (χ1n) is 11.0. The highest BCUT2D eigenvalue weighted by Gasteiger charge is 2.38. The average molecular weight is 405 g/mol. The van der Waals surface area contributed by atoms with Gasteiger partial charge in [-0.15, -0.1) is 0 Å². The minimum Gasteiger partial charge on any atom is -0.0889 e. The summed E-state index contributed by atoms with van der Waals surface area (Å²) in [5, 5.41) is 3.81. The molecule has 0 aromatic rings. The van der Waals surface area contributed by atoms with Crippen LogP contribution in [-0.2, 0) is 0 Å². The molecule has 0 N–H and O–H groups in total. The van der Waals surface area contributed by atoms with Gasteiger partial charge in [-0.05, 0) is 73.5 Å². The van der Waals surface area contributed by atoms with Crippen molar-refractivity contribution in [1.82, 2.24) is 0 Å². The van der Waals surface area contributed by atoms with Crippen molar-refractivity contribution in [1.29, 1.82) is 0 Å². The summed E-state index contributed by atoms with van der Waals surface area (Å²) in [6.45, 7) is 15.5. The maximum absolute atomic E-state index is 2.65. The fourth-order valence-corrected chi connectivity index (χ4v) is 13.8. The molecule has 26 heavy (non-hydrogen) atoms. The summed E-state index contributed by atoms with van der Waals surface area (Å²) < 4.78 is 0. The van der Waals surface area contributed by atoms with Crippen LogP contribution in [0, 0.1) is 11.8 Å². The van der Waals surface area contributed by atoms with Gasteiger partial charge in [-0.1, -0.05) is 76.7 Å². The summed E-state index contributed by atoms with van der Waals surface area (Å²) in [5.41, 5.74) is 0.991. The van der Waals surface area contributed by atoms with E-state index in [4.69, 9.17) is 0 Å². The Morgan fingerprint density at radius 2 is 1.77 bits per heavy atom. The molecule has 0 fully saturated rings. The molecule has 3 rings (SSSR count). The predicted octanol–water partition coefficient (Wildman–Crippen LogP) is 8.03. The van der Waals surface area contributed by atoms with E-state index in [1.807, 2.05) is 10.5 Å². The van der Waals surface area contributed by atoms with Gasteiger partial charge in [0.15, 0.2) is 0 Å². The van der Waals surface area contributed by atoms with Crippen LogP contribution < -0.4 is 0 Å². The molecule has 146 valence electrons. The topological polar surface area (TPSA) is 0 Å². The van der Waals surface area contributed by atoms with E-state index in [9.17, 15) is 0 Å². The second kappa shape index (κ2) is 8.22. The van der Waals surface area contributed by atoms with E-state index >= 15 is 0 Å². The first-order chi connectivity index (χ1) is 12.2. The van der Waals surface area contributed by atoms with Crippen LogP contribution in [0.25, 0.3) is 0 Å². The van der Waals surface area contributed by atoms with Crippen LogP contribution in [0.1, 0.15) is 38.5 Å². The molecule has 0 amide bonds. The zero-order valence-corrected chi connectivity index (χ0v) is 21.0. The molecule has 2 unspecified atom stereocenters. The van der Waals surface area contributed by atoms with Crippen LogP contribution in [0.5, 0.6) is 0 Å². The highest BCUT2D eigenvalue weighted by Crippen LogP contribution is 2.57. The lowest BCUT2D eigenvalue weighted by Gasteiger charge is -2.35. The highest BCUT2D eigenvalue weighted by molar-refractivity contribution is 7.62. The third kappa shape index (κ3) is 4.92. The van der Waals surface area contributed by atoms with Gasteiger partial charge in [0, 0.05) is 8.07 Å². The second-order valence-corrected chi connectivity index (χ2v) is 23.9. The van der Waals surface area contributed by atoms with Crippen molar-refractivity contribution in [3.8, 4) is 0 Å². The summed E-state index contributed by atoms with van der Waals surface area (Å²) >= 11 is 0. The van der Waals surface area contributed by atoms with Crippen LogP contribution in [0.15, 0.2) is 34.8 Å². The van der Waals surface area contributed by atoms with E-state index in [-0.39, 0.29) is 7.92 Å². The zero-order valence-electron chi connectivity index (χ0n) is 18.1. The molecule has 3 aliphatic carbocycles. The Bertz CT molecular complexity index is 584. The Morgan fingerprint density at radius 1 is 1.00 bits per heavy atom. The van der Waals surface area contributed by atoms with Gasteiger partial charge in [0.1, 0.15) is 0 Å². The van der Waals surface area contributed by atoms with Gasteiger partial charge < -0.3 is 0 Å². The maximum Gasteiger partial charge on any atom is 0.0724 e. The van der Waals surface area contributed by atoms with Crippen LogP contribution in [0.3, 0.4) is 0 Å². The predicted molar refractivity (Wildman–Crippen MR) is 127 cm³/mol. The molecule has 0 radical (unpaired) electrons. The lowest BCUT2D eigenvalue weighted by Crippen LogP contribution is -2.32. The van der Waals surface area contributed by atoms with Crippen molar-refractivity contribution in [3.05, 3.63) is 34.8 Å². The normalized spacial score (nSPS) is 30.6. The van der Waals surface area contributed by atoms with Gasteiger partial charge in [0.25, 0.3) is 0 Å². The number of hydrogen-bond acceptors (Lipinski definition) is 0. The Balaban J connectivity index is 1.74. The first-order valence-corrected chi connectivity index (χ1v) is 19.8. The van der Waals surface area contributed by atoms with Crippen LogP contribution in [0.2, 0.25) is 44.8 Å². The van der Waals surface area contributed by atoms with Crippen molar-refractivity contribution in [3.63, 3.8) is 0 Å². The van der Waals surface area contributed by atoms with Gasteiger partial charge in [-0.25, -0.2) is 0 Å². The average Bonchev–Trinajstić information content (AvgIpc) is 3.26. The Kier molecular flexibility index (Phi) is 6.57. The molecule has 3 aliphatic rings. The van der Waals surface area contributed by atoms with E-state index in [1.165, 1.54) is 50.8 Å². The summed E-state index contributed by atoms with van der Waals surface area (Å²) in [6.07, 6.45) is 21.8. The van der Waals surface area contributed by atoms with Gasteiger partial charge in [0.2, 0.25) is 0 Å². The van der Waals surface area contributed by atoms with Gasteiger partial charge in [-0.2, -0.15) is 0 Å². The molecule has 0 saturated heterocycles. The van der Waals surface area contributed by atoms with E-state index in [0.29, 0.717) is 0 Å². The summed E-state index contributed by atoms with van der Waals surface area (Å²) in [6, 6.07) is 0. The quantitative estimate of drug-likeness (QED) is 0.229. The maximum atomic E-state index is 2.65. The third-order valence-electron chi connectivity index (χ3n) is 6.88. The molecule has 0 saturated carbocycles. The standard InChI is InChI=1S/C23H41PSi2/c1-25(2,3)22-15-9-11-19(22)17-24(21-13-7-8-14-21)18-20-12-10-16-23(20)26(4,5)6/h9,11,13,16,19-20,22H,7-8,10,12,14-15,17-18H2,1-6H3/t19-,20+,22?,24?/m0/s1. The minimum atomic E-state index is -1.14. The van der Waals surface area contributed by atoms with Crippen molar-refractivity contribution >= 4 is 24.1 Å². The minimum absolute atomic E-state index is 0.0821. The summed E-state index contributed by atoms with van der Waals surface area (Å²) in [5.74, 6) is 1.81. The largest absolute Gasteiger partial charge is 0.0889 e. The fourth-order valence-electron chi connectivity index (χ4n) is 5.53. The monoisotopic (exact) mass is 404 g/mol. The van der Waals surface area contributed by atoms with Crippen molar-refractivity contribution < 1.29 is 0 Å². The number of hydrogen-bond donors (Lipinski definition) is 0. The second-order valence-electron chi connectivity index (χ2n) is 11.0. The van der Waals surface area contributed by atoms with Gasteiger partial charge >= 0.3 is 0 Å². The first kappa shape index (κ1) is 20.8. The third-order valence-corrected chi connectivity index (χ3v) is 15.1. The molecule has 4 atom stereocenters. The summed E-state index contributed by atoms with van der Waals surface area (Å²) in [4.78, 5) is 0. The van der Waals surface area contributed by atoms with Crippen molar-refractivity contribution in [2.75, 3.05) is 12.3 Å². The van der Waals surface area contributed by atoms with Crippen LogP contribution in [0.4, 0.5) is 0 Å². The Morgan fingerprint density at radius 3 is 2.38 bits per heavy atom. The molecule has 0 aliphatic heterocycles. The molecule has 0 aromatic heterocycles. The summed E-state index contributed by atoms with van der Waals surface area (Å²) in [7, 11) is -2.11. The smallest absolute Gasteiger partial charge is 0.0724 e. The van der Waals surface area contributed by atoms with E-state index < -0.39 is 16.1 Å². The molecule has 0 heterocycles. The molecule has 3 heteroatoms. The fraction of sp³-hybridized carbons (Fsp3) is 0.739. The molecular weight excluding hydrogens is 363 g/mol. The molecular formula is C23H41PSi2. The highest BCUT2D eigenvalue weighted by atomic mass is 31.1. The SMILES string of the molecule is C[Si](C)(C)C1=CCC[C@@H]1CP(C[C@@H]1C=CCC1[Si](C)(C)C)C1=CCCC1. The van der Waals surface area contributed by atoms with E-state index in [1.54, 1.807) is 0 Å². The lowest BCUT2D eigenvalue weighted by molar-refractivity contribution is 0.667. The zero-order chi connectivity index (χ0) is 18.9. The Hall–Kier alpha value is 0.0838. The van der Waals surface area contributed by atoms with Crippen molar-refractivity contribution in [2.24, 2.45) is 11.8 Å².